The van der Waals surface area contributed by atoms with Crippen molar-refractivity contribution in [2.24, 2.45) is 0 Å². The van der Waals surface area contributed by atoms with E-state index in [9.17, 15) is 0 Å². The van der Waals surface area contributed by atoms with Crippen molar-refractivity contribution in [2.45, 2.75) is 0 Å². The molecule has 5 aromatic carbocycles. The molecule has 0 aliphatic rings. The standard InChI is InChI=1S/C31H26N2/c1-32(27-13-7-3-8-14-27)28-21-23-31(24-22-28)33(29-15-9-4-10-16-29)30-19-17-26(18-20-30)25-11-5-2-6-12-25/h2-24H,1H3. The Labute approximate surface area is 196 Å². The zero-order valence-corrected chi connectivity index (χ0v) is 18.7. The van der Waals surface area contributed by atoms with E-state index in [4.69, 9.17) is 0 Å². The average Bonchev–Trinajstić information content (AvgIpc) is 2.91. The lowest BCUT2D eigenvalue weighted by atomic mass is 10.0. The van der Waals surface area contributed by atoms with E-state index in [2.05, 4.69) is 144 Å². The third kappa shape index (κ3) is 4.51. The van der Waals surface area contributed by atoms with Crippen LogP contribution in [0.1, 0.15) is 0 Å². The van der Waals surface area contributed by atoms with Gasteiger partial charge in [-0.3, -0.25) is 0 Å². The lowest BCUT2D eigenvalue weighted by Crippen LogP contribution is -2.11. The van der Waals surface area contributed by atoms with Gasteiger partial charge in [-0.2, -0.15) is 0 Å². The van der Waals surface area contributed by atoms with Crippen molar-refractivity contribution in [3.05, 3.63) is 140 Å². The molecule has 0 fully saturated rings. The molecule has 0 bridgehead atoms. The Morgan fingerprint density at radius 1 is 0.333 bits per heavy atom. The number of hydrogen-bond acceptors (Lipinski definition) is 2. The Kier molecular flexibility index (Phi) is 5.90. The Hall–Kier alpha value is -4.30. The number of nitrogens with zero attached hydrogens (tertiary/aromatic N) is 2. The van der Waals surface area contributed by atoms with E-state index in [1.807, 2.05) is 12.1 Å². The van der Waals surface area contributed by atoms with E-state index in [-0.39, 0.29) is 0 Å². The highest BCUT2D eigenvalue weighted by Gasteiger charge is 2.13. The number of hydrogen-bond donors (Lipinski definition) is 0. The molecule has 160 valence electrons. The second-order valence-corrected chi connectivity index (χ2v) is 7.99. The molecule has 0 N–H and O–H groups in total. The molecular weight excluding hydrogens is 400 g/mol. The van der Waals surface area contributed by atoms with Crippen LogP contribution in [-0.2, 0) is 0 Å². The molecule has 0 heterocycles. The predicted octanol–water partition coefficient (Wildman–Crippen LogP) is 8.59. The van der Waals surface area contributed by atoms with E-state index in [0.717, 1.165) is 22.7 Å². The Balaban J connectivity index is 1.49. The van der Waals surface area contributed by atoms with Crippen LogP contribution in [0.4, 0.5) is 28.4 Å². The van der Waals surface area contributed by atoms with E-state index in [1.165, 1.54) is 16.8 Å². The second-order valence-electron chi connectivity index (χ2n) is 7.99. The van der Waals surface area contributed by atoms with Crippen LogP contribution in [0.5, 0.6) is 0 Å². The zero-order valence-electron chi connectivity index (χ0n) is 18.7. The molecule has 0 aliphatic heterocycles. The normalized spacial score (nSPS) is 10.6. The molecule has 0 unspecified atom stereocenters. The summed E-state index contributed by atoms with van der Waals surface area (Å²) in [5.74, 6) is 0. The minimum Gasteiger partial charge on any atom is -0.345 e. The van der Waals surface area contributed by atoms with Crippen LogP contribution in [0.15, 0.2) is 140 Å². The molecule has 0 amide bonds. The molecule has 0 spiro atoms. The minimum atomic E-state index is 1.12. The molecule has 0 atom stereocenters. The van der Waals surface area contributed by atoms with Gasteiger partial charge >= 0.3 is 0 Å². The van der Waals surface area contributed by atoms with E-state index in [1.54, 1.807) is 0 Å². The van der Waals surface area contributed by atoms with Gasteiger partial charge in [0.2, 0.25) is 0 Å². The average molecular weight is 427 g/mol. The molecule has 2 heteroatoms. The Morgan fingerprint density at radius 2 is 0.667 bits per heavy atom. The van der Waals surface area contributed by atoms with Gasteiger partial charge in [0.15, 0.2) is 0 Å². The number of benzene rings is 5. The zero-order chi connectivity index (χ0) is 22.5. The maximum Gasteiger partial charge on any atom is 0.0463 e. The predicted molar refractivity (Wildman–Crippen MR) is 141 cm³/mol. The van der Waals surface area contributed by atoms with Gasteiger partial charge in [-0.05, 0) is 71.8 Å². The van der Waals surface area contributed by atoms with Crippen molar-refractivity contribution in [1.29, 1.82) is 0 Å². The monoisotopic (exact) mass is 426 g/mol. The molecule has 5 rings (SSSR count). The lowest BCUT2D eigenvalue weighted by Gasteiger charge is -2.27. The topological polar surface area (TPSA) is 6.48 Å². The number of anilines is 5. The third-order valence-electron chi connectivity index (χ3n) is 5.89. The smallest absolute Gasteiger partial charge is 0.0463 e. The van der Waals surface area contributed by atoms with Crippen LogP contribution < -0.4 is 9.80 Å². The van der Waals surface area contributed by atoms with Crippen molar-refractivity contribution in [2.75, 3.05) is 16.8 Å². The van der Waals surface area contributed by atoms with Gasteiger partial charge in [-0.25, -0.2) is 0 Å². The van der Waals surface area contributed by atoms with E-state index >= 15 is 0 Å². The summed E-state index contributed by atoms with van der Waals surface area (Å²) < 4.78 is 0. The molecule has 5 aromatic rings. The van der Waals surface area contributed by atoms with Crippen LogP contribution in [0, 0.1) is 0 Å². The molecule has 0 aliphatic carbocycles. The fourth-order valence-electron chi connectivity index (χ4n) is 4.08. The molecule has 0 radical (unpaired) electrons. The SMILES string of the molecule is CN(c1ccccc1)c1ccc(N(c2ccccc2)c2ccc(-c3ccccc3)cc2)cc1. The summed E-state index contributed by atoms with van der Waals surface area (Å²) in [6.07, 6.45) is 0. The van der Waals surface area contributed by atoms with Crippen molar-refractivity contribution < 1.29 is 0 Å². The molecule has 0 saturated carbocycles. The van der Waals surface area contributed by atoms with Crippen LogP contribution in [-0.4, -0.2) is 7.05 Å². The first-order valence-corrected chi connectivity index (χ1v) is 11.2. The van der Waals surface area contributed by atoms with Gasteiger partial charge in [0.1, 0.15) is 0 Å². The maximum absolute atomic E-state index is 2.29. The molecule has 33 heavy (non-hydrogen) atoms. The van der Waals surface area contributed by atoms with Gasteiger partial charge in [0.25, 0.3) is 0 Å². The summed E-state index contributed by atoms with van der Waals surface area (Å²) in [7, 11) is 2.10. The lowest BCUT2D eigenvalue weighted by molar-refractivity contribution is 1.20. The summed E-state index contributed by atoms with van der Waals surface area (Å²) >= 11 is 0. The largest absolute Gasteiger partial charge is 0.345 e. The molecule has 2 nitrogen and oxygen atoms in total. The molecule has 0 aromatic heterocycles. The minimum absolute atomic E-state index is 1.12. The highest BCUT2D eigenvalue weighted by Crippen LogP contribution is 2.36. The quantitative estimate of drug-likeness (QED) is 0.268. The first-order chi connectivity index (χ1) is 16.3. The molecular formula is C31H26N2. The van der Waals surface area contributed by atoms with Crippen molar-refractivity contribution >= 4 is 28.4 Å². The first kappa shape index (κ1) is 20.6. The summed E-state index contributed by atoms with van der Waals surface area (Å²) in [5.41, 5.74) is 8.15. The number of para-hydroxylation sites is 2. The highest BCUT2D eigenvalue weighted by molar-refractivity contribution is 5.79. The van der Waals surface area contributed by atoms with Crippen molar-refractivity contribution in [1.82, 2.24) is 0 Å². The third-order valence-corrected chi connectivity index (χ3v) is 5.89. The van der Waals surface area contributed by atoms with Crippen LogP contribution in [0.2, 0.25) is 0 Å². The highest BCUT2D eigenvalue weighted by atomic mass is 15.1. The van der Waals surface area contributed by atoms with Gasteiger partial charge in [-0.1, -0.05) is 78.9 Å². The van der Waals surface area contributed by atoms with Crippen molar-refractivity contribution in [3.63, 3.8) is 0 Å². The van der Waals surface area contributed by atoms with E-state index in [0.29, 0.717) is 0 Å². The van der Waals surface area contributed by atoms with Crippen molar-refractivity contribution in [3.8, 4) is 11.1 Å². The van der Waals surface area contributed by atoms with Gasteiger partial charge in [-0.15, -0.1) is 0 Å². The van der Waals surface area contributed by atoms with Crippen LogP contribution in [0.3, 0.4) is 0 Å². The van der Waals surface area contributed by atoms with Gasteiger partial charge < -0.3 is 9.80 Å². The summed E-state index contributed by atoms with van der Waals surface area (Å²) in [4.78, 5) is 4.49. The summed E-state index contributed by atoms with van der Waals surface area (Å²) in [6, 6.07) is 48.9. The summed E-state index contributed by atoms with van der Waals surface area (Å²) in [5, 5.41) is 0. The van der Waals surface area contributed by atoms with Gasteiger partial charge in [0.05, 0.1) is 0 Å². The fourth-order valence-corrected chi connectivity index (χ4v) is 4.08. The second kappa shape index (κ2) is 9.46. The first-order valence-electron chi connectivity index (χ1n) is 11.2. The number of rotatable bonds is 6. The van der Waals surface area contributed by atoms with Crippen LogP contribution in [0.25, 0.3) is 11.1 Å². The van der Waals surface area contributed by atoms with E-state index < -0.39 is 0 Å². The van der Waals surface area contributed by atoms with Crippen LogP contribution >= 0.6 is 0 Å². The summed E-state index contributed by atoms with van der Waals surface area (Å²) in [6.45, 7) is 0. The Bertz CT molecular complexity index is 1280. The fraction of sp³-hybridized carbons (Fsp3) is 0.0323. The molecule has 0 saturated heterocycles. The maximum atomic E-state index is 2.29. The van der Waals surface area contributed by atoms with Gasteiger partial charge in [0, 0.05) is 35.5 Å². The Morgan fingerprint density at radius 3 is 1.21 bits per heavy atom.